The third-order valence-corrected chi connectivity index (χ3v) is 11.6. The fourth-order valence-corrected chi connectivity index (χ4v) is 7.46. The van der Waals surface area contributed by atoms with Crippen molar-refractivity contribution in [3.05, 3.63) is 0 Å². The van der Waals surface area contributed by atoms with Crippen molar-refractivity contribution < 1.29 is 63.0 Å². The molecule has 0 aliphatic carbocycles. The van der Waals surface area contributed by atoms with E-state index >= 15 is 0 Å². The van der Waals surface area contributed by atoms with E-state index in [0.29, 0.717) is 13.0 Å². The van der Waals surface area contributed by atoms with Crippen molar-refractivity contribution >= 4 is 77.0 Å². The van der Waals surface area contributed by atoms with Crippen molar-refractivity contribution in [1.29, 1.82) is 0 Å². The molecule has 21 N–H and O–H groups in total. The second kappa shape index (κ2) is 32.0. The van der Waals surface area contributed by atoms with Gasteiger partial charge in [0.15, 0.2) is 11.9 Å². The summed E-state index contributed by atoms with van der Waals surface area (Å²) in [6.45, 7) is 13.2. The van der Waals surface area contributed by atoms with E-state index in [1.165, 1.54) is 27.7 Å². The molecule has 9 amide bonds. The fraction of sp³-hybridized carbons (Fsp3) is 0.711. The highest BCUT2D eigenvalue weighted by atomic mass is 16.4. The van der Waals surface area contributed by atoms with Gasteiger partial charge in [0.2, 0.25) is 53.2 Å². The third kappa shape index (κ3) is 23.5. The lowest BCUT2D eigenvalue weighted by molar-refractivity contribution is -0.142. The maximum absolute atomic E-state index is 14.1. The first-order valence-corrected chi connectivity index (χ1v) is 24.5. The van der Waals surface area contributed by atoms with Crippen molar-refractivity contribution in [2.75, 3.05) is 19.6 Å². The van der Waals surface area contributed by atoms with Crippen LogP contribution in [0.1, 0.15) is 107 Å². The summed E-state index contributed by atoms with van der Waals surface area (Å²) in [5.74, 6) is -14.2. The average Bonchev–Trinajstić information content (AvgIpc) is 3.84. The zero-order chi connectivity index (χ0) is 56.6. The number of carboxylic acids is 2. The number of primary amides is 1. The Labute approximate surface area is 430 Å². The van der Waals surface area contributed by atoms with Crippen LogP contribution in [0.4, 0.5) is 0 Å². The number of carbonyl (C=O) groups is 11. The number of carboxylic acid groups (broad SMARTS) is 2. The lowest BCUT2D eigenvalue weighted by Gasteiger charge is -2.30. The number of aliphatic carboxylic acids is 2. The van der Waals surface area contributed by atoms with Gasteiger partial charge in [0.1, 0.15) is 48.3 Å². The summed E-state index contributed by atoms with van der Waals surface area (Å²) in [6.07, 6.45) is -0.365. The number of amides is 9. The predicted octanol–water partition coefficient (Wildman–Crippen LogP) is -5.22. The molecule has 0 radical (unpaired) electrons. The van der Waals surface area contributed by atoms with Crippen molar-refractivity contribution in [1.82, 2.24) is 47.9 Å². The number of hydrogen-bond acceptors (Lipinski definition) is 14. The van der Waals surface area contributed by atoms with E-state index in [1.54, 1.807) is 27.7 Å². The summed E-state index contributed by atoms with van der Waals surface area (Å²) in [5.41, 5.74) is 27.2. The molecule has 9 atom stereocenters. The Hall–Kier alpha value is -7.33. The minimum atomic E-state index is -1.82. The van der Waals surface area contributed by atoms with Crippen LogP contribution < -0.4 is 76.5 Å². The number of nitrogens with two attached hydrogens (primary N) is 5. The van der Waals surface area contributed by atoms with Crippen LogP contribution in [0.15, 0.2) is 9.98 Å². The molecule has 0 saturated carbocycles. The van der Waals surface area contributed by atoms with Crippen LogP contribution in [-0.2, 0) is 52.7 Å². The Kier molecular flexibility index (Phi) is 28.0. The van der Waals surface area contributed by atoms with Gasteiger partial charge in [0, 0.05) is 13.1 Å². The molecular weight excluding hydrogens is 973 g/mol. The van der Waals surface area contributed by atoms with Crippen molar-refractivity contribution in [3.8, 4) is 0 Å². The van der Waals surface area contributed by atoms with Gasteiger partial charge in [-0.2, -0.15) is 0 Å². The summed E-state index contributed by atoms with van der Waals surface area (Å²) in [7, 11) is 0. The van der Waals surface area contributed by atoms with Crippen molar-refractivity contribution in [3.63, 3.8) is 0 Å². The number of aliphatic imine (C=N–C) groups is 2. The van der Waals surface area contributed by atoms with E-state index in [-0.39, 0.29) is 50.7 Å². The predicted molar refractivity (Wildman–Crippen MR) is 269 cm³/mol. The van der Waals surface area contributed by atoms with Gasteiger partial charge >= 0.3 is 11.9 Å². The molecule has 0 aromatic heterocycles. The quantitative estimate of drug-likeness (QED) is 0.0166. The Morgan fingerprint density at radius 3 is 1.09 bits per heavy atom. The van der Waals surface area contributed by atoms with Gasteiger partial charge in [-0.25, -0.2) is 0 Å². The van der Waals surface area contributed by atoms with Gasteiger partial charge in [0.05, 0.1) is 18.9 Å². The second-order valence-corrected chi connectivity index (χ2v) is 19.3. The van der Waals surface area contributed by atoms with Crippen LogP contribution in [0.5, 0.6) is 0 Å². The van der Waals surface area contributed by atoms with E-state index in [0.717, 1.165) is 6.42 Å². The van der Waals surface area contributed by atoms with E-state index in [4.69, 9.17) is 28.7 Å². The highest BCUT2D eigenvalue weighted by Crippen LogP contribution is 2.13. The molecule has 0 aromatic carbocycles. The maximum Gasteiger partial charge on any atom is 0.305 e. The first kappa shape index (κ1) is 64.7. The molecule has 1 saturated heterocycles. The van der Waals surface area contributed by atoms with E-state index in [2.05, 4.69) is 57.8 Å². The lowest BCUT2D eigenvalue weighted by atomic mass is 9.99. The number of hydrogen-bond donors (Lipinski definition) is 16. The number of carbonyl (C=O) groups excluding carboxylic acids is 9. The normalized spacial score (nSPS) is 16.4. The summed E-state index contributed by atoms with van der Waals surface area (Å²) in [6, 6.07) is -12.2. The third-order valence-electron chi connectivity index (χ3n) is 11.6. The molecule has 0 unspecified atom stereocenters. The van der Waals surface area contributed by atoms with Crippen LogP contribution in [0.25, 0.3) is 0 Å². The molecule has 418 valence electrons. The average molecular weight is 1050 g/mol. The molecule has 74 heavy (non-hydrogen) atoms. The monoisotopic (exact) mass is 1050 g/mol. The van der Waals surface area contributed by atoms with Crippen LogP contribution in [0, 0.1) is 23.7 Å². The molecule has 1 aliphatic rings. The van der Waals surface area contributed by atoms with Gasteiger partial charge in [-0.1, -0.05) is 55.4 Å². The lowest BCUT2D eigenvalue weighted by Crippen LogP contribution is -2.62. The molecular formula is C45H80N16O13. The van der Waals surface area contributed by atoms with Crippen molar-refractivity contribution in [2.24, 2.45) is 62.3 Å². The minimum absolute atomic E-state index is 0.0177. The minimum Gasteiger partial charge on any atom is -0.481 e. The Bertz CT molecular complexity index is 2040. The summed E-state index contributed by atoms with van der Waals surface area (Å²) < 4.78 is 0. The Balaban J connectivity index is 3.44. The number of guanidine groups is 2. The van der Waals surface area contributed by atoms with Gasteiger partial charge in [-0.05, 0) is 68.7 Å². The smallest absolute Gasteiger partial charge is 0.305 e. The highest BCUT2D eigenvalue weighted by molar-refractivity contribution is 5.99. The zero-order valence-corrected chi connectivity index (χ0v) is 43.5. The molecule has 1 heterocycles. The molecule has 1 aliphatic heterocycles. The van der Waals surface area contributed by atoms with Gasteiger partial charge in [0.25, 0.3) is 0 Å². The molecule has 29 heteroatoms. The topological polar surface area (TPSA) is 491 Å². The fourth-order valence-electron chi connectivity index (χ4n) is 7.46. The molecule has 0 bridgehead atoms. The van der Waals surface area contributed by atoms with Gasteiger partial charge in [-0.15, -0.1) is 0 Å². The number of nitrogens with zero attached hydrogens (tertiary/aromatic N) is 2. The number of rotatable bonds is 33. The Morgan fingerprint density at radius 1 is 0.473 bits per heavy atom. The Morgan fingerprint density at radius 2 is 0.797 bits per heavy atom. The molecule has 1 fully saturated rings. The molecule has 0 aromatic rings. The largest absolute Gasteiger partial charge is 0.481 e. The maximum atomic E-state index is 14.1. The molecule has 1 rings (SSSR count). The first-order chi connectivity index (χ1) is 34.5. The van der Waals surface area contributed by atoms with Crippen molar-refractivity contribution in [2.45, 2.75) is 161 Å². The highest BCUT2D eigenvalue weighted by Gasteiger charge is 2.38. The SMILES string of the molecule is CC(C)[C@H](NC(=O)[C@H](CC(=O)O)NC(=O)[C@@H](NC(=O)[C@H](CCCN=C(N)N)NC(=O)[C@@H](NC(=O)[C@H](CC(=O)O)NC(=O)[C@@H](NC(=O)[C@H](CCCN=C(N)N)NC(=O)[C@@H]1CCCN1)C(C)C)C(C)C)C(C)C)C(N)=O. The summed E-state index contributed by atoms with van der Waals surface area (Å²) in [4.78, 5) is 153. The molecule has 0 spiro atoms. The van der Waals surface area contributed by atoms with Crippen LogP contribution in [0.2, 0.25) is 0 Å². The van der Waals surface area contributed by atoms with Gasteiger partial charge < -0.3 is 86.7 Å². The summed E-state index contributed by atoms with van der Waals surface area (Å²) in [5, 5.41) is 42.3. The van der Waals surface area contributed by atoms with Crippen LogP contribution >= 0.6 is 0 Å². The van der Waals surface area contributed by atoms with E-state index < -0.39 is 156 Å². The van der Waals surface area contributed by atoms with E-state index in [9.17, 15) is 63.0 Å². The number of nitrogens with one attached hydrogen (secondary N) is 9. The standard InChI is InChI=1S/C45H80N16O13/c1-20(2)31(35(46)66)58-39(70)27(18-29(62)63)56-42(73)34(23(7)8)60-38(69)26(14-11-17-53-45(49)50)55-41(72)32(21(3)4)61-40(71)28(19-30(64)65)57-43(74)33(22(5)6)59-37(68)25(13-10-16-52-44(47)48)54-36(67)24-12-9-15-51-24/h20-28,31-34,51H,9-19H2,1-8H3,(H2,46,66)(H,54,67)(H,55,72)(H,56,73)(H,57,74)(H,58,70)(H,59,68)(H,60,69)(H,61,71)(H,62,63)(H,64,65)(H4,47,48,52)(H4,49,50,53)/t24-,25-,26-,27-,28-,31-,32-,33-,34-/m0/s1. The van der Waals surface area contributed by atoms with Crippen LogP contribution in [-0.4, -0.2) is 161 Å². The van der Waals surface area contributed by atoms with Crippen LogP contribution in [0.3, 0.4) is 0 Å². The van der Waals surface area contributed by atoms with Gasteiger partial charge in [-0.3, -0.25) is 62.7 Å². The second-order valence-electron chi connectivity index (χ2n) is 19.3. The molecule has 29 nitrogen and oxygen atoms in total. The van der Waals surface area contributed by atoms with E-state index in [1.807, 2.05) is 0 Å². The first-order valence-electron chi connectivity index (χ1n) is 24.5. The zero-order valence-electron chi connectivity index (χ0n) is 43.5. The summed E-state index contributed by atoms with van der Waals surface area (Å²) >= 11 is 0.